The third-order valence-corrected chi connectivity index (χ3v) is 3.15. The van der Waals surface area contributed by atoms with Crippen LogP contribution in [0.1, 0.15) is 44.5 Å². The highest BCUT2D eigenvalue weighted by Crippen LogP contribution is 2.26. The number of hydrogen-bond donors (Lipinski definition) is 1. The second-order valence-electron chi connectivity index (χ2n) is 4.30. The van der Waals surface area contributed by atoms with E-state index in [1.54, 1.807) is 0 Å². The average Bonchev–Trinajstić information content (AvgIpc) is 2.63. The SMILES string of the molecule is CCOC(C)c1noc(C(C)C2CNC2)n1. The van der Waals surface area contributed by atoms with E-state index in [4.69, 9.17) is 9.26 Å². The van der Waals surface area contributed by atoms with Crippen LogP contribution in [0.3, 0.4) is 0 Å². The molecule has 2 atom stereocenters. The molecule has 0 aromatic carbocycles. The molecule has 0 spiro atoms. The van der Waals surface area contributed by atoms with Crippen LogP contribution < -0.4 is 5.32 Å². The molecule has 1 aromatic heterocycles. The smallest absolute Gasteiger partial charge is 0.229 e. The van der Waals surface area contributed by atoms with E-state index in [1.165, 1.54) is 0 Å². The standard InChI is InChI=1S/C11H19N3O2/c1-4-15-8(3)10-13-11(16-14-10)7(2)9-5-12-6-9/h7-9,12H,4-6H2,1-3H3. The molecule has 1 saturated heterocycles. The van der Waals surface area contributed by atoms with Crippen LogP contribution in [0.15, 0.2) is 4.52 Å². The number of rotatable bonds is 5. The number of aromatic nitrogens is 2. The molecule has 1 fully saturated rings. The maximum absolute atomic E-state index is 5.42. The lowest BCUT2D eigenvalue weighted by Crippen LogP contribution is -2.44. The quantitative estimate of drug-likeness (QED) is 0.822. The van der Waals surface area contributed by atoms with Gasteiger partial charge in [-0.05, 0) is 32.9 Å². The molecule has 16 heavy (non-hydrogen) atoms. The Labute approximate surface area is 95.6 Å². The molecular weight excluding hydrogens is 206 g/mol. The number of hydrogen-bond acceptors (Lipinski definition) is 5. The Morgan fingerprint density at radius 3 is 2.81 bits per heavy atom. The van der Waals surface area contributed by atoms with E-state index in [2.05, 4.69) is 22.4 Å². The van der Waals surface area contributed by atoms with Crippen LogP contribution in [0.5, 0.6) is 0 Å². The van der Waals surface area contributed by atoms with Crippen LogP contribution in [-0.2, 0) is 4.74 Å². The fourth-order valence-electron chi connectivity index (χ4n) is 1.79. The molecule has 0 amide bonds. The van der Waals surface area contributed by atoms with E-state index in [9.17, 15) is 0 Å². The highest BCUT2D eigenvalue weighted by molar-refractivity contribution is 4.99. The first-order valence-corrected chi connectivity index (χ1v) is 5.88. The molecule has 2 heterocycles. The summed E-state index contributed by atoms with van der Waals surface area (Å²) in [5.74, 6) is 2.33. The van der Waals surface area contributed by atoms with Crippen LogP contribution in [0.4, 0.5) is 0 Å². The van der Waals surface area contributed by atoms with E-state index < -0.39 is 0 Å². The van der Waals surface area contributed by atoms with Gasteiger partial charge in [0.05, 0.1) is 0 Å². The summed E-state index contributed by atoms with van der Waals surface area (Å²) in [7, 11) is 0. The summed E-state index contributed by atoms with van der Waals surface area (Å²) in [6, 6.07) is 0. The molecular formula is C11H19N3O2. The van der Waals surface area contributed by atoms with Gasteiger partial charge < -0.3 is 14.6 Å². The van der Waals surface area contributed by atoms with Gasteiger partial charge in [0.2, 0.25) is 5.89 Å². The molecule has 0 radical (unpaired) electrons. The fraction of sp³-hybridized carbons (Fsp3) is 0.818. The van der Waals surface area contributed by atoms with Crippen LogP contribution >= 0.6 is 0 Å². The number of nitrogens with one attached hydrogen (secondary N) is 1. The summed E-state index contributed by atoms with van der Waals surface area (Å²) in [5, 5.41) is 7.21. The zero-order chi connectivity index (χ0) is 11.5. The Morgan fingerprint density at radius 1 is 1.50 bits per heavy atom. The first-order chi connectivity index (χ1) is 7.72. The van der Waals surface area contributed by atoms with Crippen molar-refractivity contribution < 1.29 is 9.26 Å². The first-order valence-electron chi connectivity index (χ1n) is 5.88. The Kier molecular flexibility index (Phi) is 3.56. The van der Waals surface area contributed by atoms with Crippen molar-refractivity contribution in [2.75, 3.05) is 19.7 Å². The third-order valence-electron chi connectivity index (χ3n) is 3.15. The van der Waals surface area contributed by atoms with E-state index in [0.29, 0.717) is 24.3 Å². The molecule has 0 aliphatic carbocycles. The van der Waals surface area contributed by atoms with E-state index in [-0.39, 0.29) is 6.10 Å². The summed E-state index contributed by atoms with van der Waals surface area (Å²) in [6.07, 6.45) is -0.0887. The Hall–Kier alpha value is -0.940. The molecule has 1 aliphatic heterocycles. The molecule has 1 aliphatic rings. The normalized spacial score (nSPS) is 20.4. The fourth-order valence-corrected chi connectivity index (χ4v) is 1.79. The van der Waals surface area contributed by atoms with Gasteiger partial charge in [0.25, 0.3) is 0 Å². The molecule has 1 N–H and O–H groups in total. The van der Waals surface area contributed by atoms with E-state index in [0.717, 1.165) is 19.0 Å². The summed E-state index contributed by atoms with van der Waals surface area (Å²) >= 11 is 0. The van der Waals surface area contributed by atoms with Crippen molar-refractivity contribution in [3.8, 4) is 0 Å². The van der Waals surface area contributed by atoms with Gasteiger partial charge in [-0.1, -0.05) is 12.1 Å². The summed E-state index contributed by atoms with van der Waals surface area (Å²) in [6.45, 7) is 8.77. The lowest BCUT2D eigenvalue weighted by atomic mass is 9.89. The summed E-state index contributed by atoms with van der Waals surface area (Å²) < 4.78 is 10.7. The summed E-state index contributed by atoms with van der Waals surface area (Å²) in [4.78, 5) is 4.40. The molecule has 2 rings (SSSR count). The lowest BCUT2D eigenvalue weighted by Gasteiger charge is -2.30. The molecule has 0 bridgehead atoms. The first kappa shape index (κ1) is 11.5. The van der Waals surface area contributed by atoms with Gasteiger partial charge in [-0.2, -0.15) is 4.98 Å². The van der Waals surface area contributed by atoms with Crippen molar-refractivity contribution in [2.24, 2.45) is 5.92 Å². The maximum atomic E-state index is 5.42. The number of ether oxygens (including phenoxy) is 1. The van der Waals surface area contributed by atoms with Gasteiger partial charge in [-0.25, -0.2) is 0 Å². The van der Waals surface area contributed by atoms with Gasteiger partial charge in [-0.3, -0.25) is 0 Å². The molecule has 2 unspecified atom stereocenters. The minimum atomic E-state index is -0.0887. The Balaban J connectivity index is 2.00. The van der Waals surface area contributed by atoms with Gasteiger partial charge in [0, 0.05) is 12.5 Å². The van der Waals surface area contributed by atoms with Crippen molar-refractivity contribution >= 4 is 0 Å². The topological polar surface area (TPSA) is 60.2 Å². The van der Waals surface area contributed by atoms with Crippen molar-refractivity contribution in [2.45, 2.75) is 32.8 Å². The van der Waals surface area contributed by atoms with E-state index in [1.807, 2.05) is 13.8 Å². The minimum absolute atomic E-state index is 0.0887. The highest BCUT2D eigenvalue weighted by Gasteiger charge is 2.29. The van der Waals surface area contributed by atoms with Gasteiger partial charge in [0.1, 0.15) is 6.10 Å². The maximum Gasteiger partial charge on any atom is 0.229 e. The number of nitrogens with zero attached hydrogens (tertiary/aromatic N) is 2. The van der Waals surface area contributed by atoms with Crippen LogP contribution in [-0.4, -0.2) is 29.8 Å². The molecule has 90 valence electrons. The predicted octanol–water partition coefficient (Wildman–Crippen LogP) is 1.49. The van der Waals surface area contributed by atoms with Crippen molar-refractivity contribution in [1.82, 2.24) is 15.5 Å². The second kappa shape index (κ2) is 4.93. The molecule has 5 heteroatoms. The monoisotopic (exact) mass is 225 g/mol. The van der Waals surface area contributed by atoms with Crippen LogP contribution in [0, 0.1) is 5.92 Å². The molecule has 1 aromatic rings. The Bertz CT molecular complexity index is 336. The predicted molar refractivity (Wildman–Crippen MR) is 59.1 cm³/mol. The average molecular weight is 225 g/mol. The molecule has 5 nitrogen and oxygen atoms in total. The zero-order valence-corrected chi connectivity index (χ0v) is 10.1. The second-order valence-corrected chi connectivity index (χ2v) is 4.30. The van der Waals surface area contributed by atoms with Crippen molar-refractivity contribution in [1.29, 1.82) is 0 Å². The zero-order valence-electron chi connectivity index (χ0n) is 10.1. The lowest BCUT2D eigenvalue weighted by molar-refractivity contribution is 0.0683. The summed E-state index contributed by atoms with van der Waals surface area (Å²) in [5.41, 5.74) is 0. The van der Waals surface area contributed by atoms with Gasteiger partial charge in [-0.15, -0.1) is 0 Å². The van der Waals surface area contributed by atoms with Gasteiger partial charge in [0.15, 0.2) is 5.82 Å². The van der Waals surface area contributed by atoms with Crippen molar-refractivity contribution in [3.63, 3.8) is 0 Å². The Morgan fingerprint density at radius 2 is 2.25 bits per heavy atom. The van der Waals surface area contributed by atoms with E-state index >= 15 is 0 Å². The van der Waals surface area contributed by atoms with Crippen LogP contribution in [0.25, 0.3) is 0 Å². The highest BCUT2D eigenvalue weighted by atomic mass is 16.5. The van der Waals surface area contributed by atoms with Gasteiger partial charge >= 0.3 is 0 Å². The third kappa shape index (κ3) is 2.25. The van der Waals surface area contributed by atoms with Crippen molar-refractivity contribution in [3.05, 3.63) is 11.7 Å². The largest absolute Gasteiger partial charge is 0.371 e. The molecule has 0 saturated carbocycles. The minimum Gasteiger partial charge on any atom is -0.371 e. The van der Waals surface area contributed by atoms with Crippen LogP contribution in [0.2, 0.25) is 0 Å².